The third-order valence-electron chi connectivity index (χ3n) is 10.5. The second-order valence-electron chi connectivity index (χ2n) is 13.7. The summed E-state index contributed by atoms with van der Waals surface area (Å²) in [5, 5.41) is 15.9. The molecule has 0 radical (unpaired) electrons. The average molecular weight is 657 g/mol. The van der Waals surface area contributed by atoms with Gasteiger partial charge in [0.2, 0.25) is 0 Å². The van der Waals surface area contributed by atoms with Crippen LogP contribution in [0.15, 0.2) is 66.9 Å². The van der Waals surface area contributed by atoms with Gasteiger partial charge < -0.3 is 19.6 Å². The minimum absolute atomic E-state index is 0.108. The van der Waals surface area contributed by atoms with Crippen LogP contribution in [-0.4, -0.2) is 99.5 Å². The standard InChI is InChI=1S/C37H45ClN6O3/c1-26-23-43(24-27(2)47-26)32-13-18-42(19-14-32)36(46)29-7-5-28(6-8-29)22-34-39-35-33(4-3-17-44(35)40-34)41-20-15-37(25-45,16-21-41)30-9-11-31(38)12-10-30/h3-12,17,26-27,32,45H,13-16,18-25H2,1-2H3/t26-,27+. The first kappa shape index (κ1) is 32.1. The van der Waals surface area contributed by atoms with Crippen molar-refractivity contribution in [3.8, 4) is 0 Å². The summed E-state index contributed by atoms with van der Waals surface area (Å²) in [4.78, 5) is 25.2. The van der Waals surface area contributed by atoms with Gasteiger partial charge in [-0.25, -0.2) is 9.50 Å². The third-order valence-corrected chi connectivity index (χ3v) is 10.7. The molecule has 10 heteroatoms. The largest absolute Gasteiger partial charge is 0.395 e. The number of aromatic nitrogens is 3. The Hall–Kier alpha value is -3.50. The highest BCUT2D eigenvalue weighted by molar-refractivity contribution is 6.30. The maximum Gasteiger partial charge on any atom is 0.253 e. The molecule has 3 saturated heterocycles. The number of aliphatic hydroxyl groups excluding tert-OH is 1. The number of hydrogen-bond donors (Lipinski definition) is 1. The number of amides is 1. The fourth-order valence-corrected chi connectivity index (χ4v) is 7.98. The van der Waals surface area contributed by atoms with Crippen molar-refractivity contribution in [3.05, 3.63) is 94.4 Å². The molecule has 0 saturated carbocycles. The minimum atomic E-state index is -0.268. The van der Waals surface area contributed by atoms with E-state index in [-0.39, 0.29) is 30.1 Å². The topological polar surface area (TPSA) is 86.4 Å². The van der Waals surface area contributed by atoms with Gasteiger partial charge in [0.05, 0.1) is 24.5 Å². The molecule has 248 valence electrons. The highest BCUT2D eigenvalue weighted by Crippen LogP contribution is 2.38. The Morgan fingerprint density at radius 3 is 2.30 bits per heavy atom. The van der Waals surface area contributed by atoms with Crippen molar-refractivity contribution in [3.63, 3.8) is 0 Å². The first-order chi connectivity index (χ1) is 22.8. The molecule has 7 rings (SSSR count). The lowest BCUT2D eigenvalue weighted by atomic mass is 9.73. The number of ether oxygens (including phenoxy) is 1. The summed E-state index contributed by atoms with van der Waals surface area (Å²) < 4.78 is 7.77. The third kappa shape index (κ3) is 6.77. The van der Waals surface area contributed by atoms with Crippen molar-refractivity contribution < 1.29 is 14.6 Å². The van der Waals surface area contributed by atoms with Gasteiger partial charge in [0, 0.05) is 73.9 Å². The molecule has 4 aromatic rings. The molecule has 2 atom stereocenters. The number of likely N-dealkylation sites (tertiary alicyclic amines) is 1. The Balaban J connectivity index is 0.971. The molecule has 2 aromatic heterocycles. The van der Waals surface area contributed by atoms with Crippen LogP contribution in [0.1, 0.15) is 66.8 Å². The van der Waals surface area contributed by atoms with Gasteiger partial charge in [-0.2, -0.15) is 5.10 Å². The number of anilines is 1. The lowest BCUT2D eigenvalue weighted by Crippen LogP contribution is -2.53. The van der Waals surface area contributed by atoms with Crippen LogP contribution >= 0.6 is 11.6 Å². The van der Waals surface area contributed by atoms with Crippen molar-refractivity contribution in [1.29, 1.82) is 0 Å². The van der Waals surface area contributed by atoms with Crippen LogP contribution in [0.25, 0.3) is 5.65 Å². The summed E-state index contributed by atoms with van der Waals surface area (Å²) in [7, 11) is 0. The van der Waals surface area contributed by atoms with Gasteiger partial charge >= 0.3 is 0 Å². The molecule has 1 N–H and O–H groups in total. The van der Waals surface area contributed by atoms with Crippen LogP contribution in [0.2, 0.25) is 5.02 Å². The summed E-state index contributed by atoms with van der Waals surface area (Å²) in [6.45, 7) is 9.55. The van der Waals surface area contributed by atoms with Gasteiger partial charge in [-0.3, -0.25) is 9.69 Å². The van der Waals surface area contributed by atoms with Crippen LogP contribution in [-0.2, 0) is 16.6 Å². The van der Waals surface area contributed by atoms with E-state index in [1.165, 1.54) is 0 Å². The van der Waals surface area contributed by atoms with E-state index >= 15 is 0 Å². The van der Waals surface area contributed by atoms with E-state index in [4.69, 9.17) is 26.4 Å². The molecular formula is C37H45ClN6O3. The van der Waals surface area contributed by atoms with E-state index in [0.717, 1.165) is 98.8 Å². The van der Waals surface area contributed by atoms with E-state index in [1.807, 2.05) is 70.2 Å². The number of pyridine rings is 1. The number of aliphatic hydroxyl groups is 1. The molecule has 5 heterocycles. The number of benzene rings is 2. The monoisotopic (exact) mass is 656 g/mol. The molecule has 2 aromatic carbocycles. The molecular weight excluding hydrogens is 612 g/mol. The predicted octanol–water partition coefficient (Wildman–Crippen LogP) is 5.22. The number of carbonyl (C=O) groups is 1. The molecule has 1 amide bonds. The normalized spacial score (nSPS) is 22.6. The van der Waals surface area contributed by atoms with Crippen LogP contribution in [0.4, 0.5) is 5.69 Å². The number of morpholine rings is 1. The number of hydrogen-bond acceptors (Lipinski definition) is 7. The minimum Gasteiger partial charge on any atom is -0.395 e. The zero-order chi connectivity index (χ0) is 32.5. The molecule has 3 aliphatic rings. The maximum atomic E-state index is 13.4. The summed E-state index contributed by atoms with van der Waals surface area (Å²) >= 11 is 6.13. The van der Waals surface area contributed by atoms with Crippen molar-refractivity contribution in [2.45, 2.75) is 69.6 Å². The smallest absolute Gasteiger partial charge is 0.253 e. The van der Waals surface area contributed by atoms with Crippen molar-refractivity contribution >= 4 is 28.8 Å². The van der Waals surface area contributed by atoms with Crippen LogP contribution < -0.4 is 4.90 Å². The summed E-state index contributed by atoms with van der Waals surface area (Å²) in [6.07, 6.45) is 6.74. The SMILES string of the molecule is C[C@@H]1CN(C2CCN(C(=O)c3ccc(Cc4nc5c(N6CCC(CO)(c7ccc(Cl)cc7)CC6)cccn5n4)cc3)CC2)C[C@H](C)O1. The zero-order valence-electron chi connectivity index (χ0n) is 27.4. The average Bonchev–Trinajstić information content (AvgIpc) is 3.51. The van der Waals surface area contributed by atoms with Crippen molar-refractivity contribution in [2.24, 2.45) is 0 Å². The summed E-state index contributed by atoms with van der Waals surface area (Å²) in [5.41, 5.74) is 4.56. The first-order valence-electron chi connectivity index (χ1n) is 17.0. The van der Waals surface area contributed by atoms with Crippen LogP contribution in [0.3, 0.4) is 0 Å². The van der Waals surface area contributed by atoms with E-state index in [9.17, 15) is 9.90 Å². The summed E-state index contributed by atoms with van der Waals surface area (Å²) in [6, 6.07) is 20.5. The highest BCUT2D eigenvalue weighted by Gasteiger charge is 2.36. The second kappa shape index (κ2) is 13.5. The van der Waals surface area contributed by atoms with Gasteiger partial charge in [-0.15, -0.1) is 0 Å². The second-order valence-corrected chi connectivity index (χ2v) is 14.2. The Labute approximate surface area is 282 Å². The molecule has 0 unspecified atom stereocenters. The Bertz CT molecular complexity index is 1670. The molecule has 9 nitrogen and oxygen atoms in total. The van der Waals surface area contributed by atoms with E-state index in [2.05, 4.69) is 29.7 Å². The van der Waals surface area contributed by atoms with E-state index in [1.54, 1.807) is 0 Å². The highest BCUT2D eigenvalue weighted by atomic mass is 35.5. The van der Waals surface area contributed by atoms with Crippen LogP contribution in [0.5, 0.6) is 0 Å². The number of fused-ring (bicyclic) bond motifs is 1. The Kier molecular flexibility index (Phi) is 9.24. The quantitative estimate of drug-likeness (QED) is 0.292. The number of piperidine rings is 2. The molecule has 3 fully saturated rings. The number of nitrogens with zero attached hydrogens (tertiary/aromatic N) is 6. The van der Waals surface area contributed by atoms with E-state index in [0.29, 0.717) is 17.5 Å². The number of carbonyl (C=O) groups excluding carboxylic acids is 1. The Morgan fingerprint density at radius 1 is 0.957 bits per heavy atom. The van der Waals surface area contributed by atoms with Crippen molar-refractivity contribution in [2.75, 3.05) is 50.8 Å². The molecule has 0 aliphatic carbocycles. The first-order valence-corrected chi connectivity index (χ1v) is 17.4. The molecule has 0 spiro atoms. The van der Waals surface area contributed by atoms with Crippen molar-refractivity contribution in [1.82, 2.24) is 24.4 Å². The Morgan fingerprint density at radius 2 is 1.64 bits per heavy atom. The van der Waals surface area contributed by atoms with Gasteiger partial charge in [0.15, 0.2) is 11.5 Å². The lowest BCUT2D eigenvalue weighted by Gasteiger charge is -2.43. The number of halogens is 1. The maximum absolute atomic E-state index is 13.4. The molecule has 47 heavy (non-hydrogen) atoms. The van der Waals surface area contributed by atoms with Crippen LogP contribution in [0, 0.1) is 0 Å². The lowest BCUT2D eigenvalue weighted by molar-refractivity contribution is -0.0856. The van der Waals surface area contributed by atoms with Gasteiger partial charge in [-0.1, -0.05) is 35.9 Å². The fourth-order valence-electron chi connectivity index (χ4n) is 7.86. The zero-order valence-corrected chi connectivity index (χ0v) is 28.1. The number of rotatable bonds is 7. The molecule has 3 aliphatic heterocycles. The summed E-state index contributed by atoms with van der Waals surface area (Å²) in [5.74, 6) is 0.852. The van der Waals surface area contributed by atoms with Gasteiger partial charge in [-0.05, 0) is 87.1 Å². The van der Waals surface area contributed by atoms with Gasteiger partial charge in [0.1, 0.15) is 0 Å². The van der Waals surface area contributed by atoms with Gasteiger partial charge in [0.25, 0.3) is 5.91 Å². The predicted molar refractivity (Wildman–Crippen MR) is 184 cm³/mol. The van der Waals surface area contributed by atoms with E-state index < -0.39 is 0 Å². The fraction of sp³-hybridized carbons (Fsp3) is 0.486. The molecule has 0 bridgehead atoms.